The second kappa shape index (κ2) is 5.54. The molecule has 3 rings (SSSR count). The Kier molecular flexibility index (Phi) is 3.59. The van der Waals surface area contributed by atoms with Crippen LogP contribution in [0.1, 0.15) is 28.4 Å². The number of rotatable bonds is 4. The summed E-state index contributed by atoms with van der Waals surface area (Å²) in [6.07, 6.45) is 0. The second-order valence-corrected chi connectivity index (χ2v) is 5.04. The summed E-state index contributed by atoms with van der Waals surface area (Å²) in [7, 11) is 0. The predicted octanol–water partition coefficient (Wildman–Crippen LogP) is 3.43. The van der Waals surface area contributed by atoms with Crippen LogP contribution < -0.4 is 10.2 Å². The van der Waals surface area contributed by atoms with Crippen molar-refractivity contribution in [3.05, 3.63) is 71.8 Å². The lowest BCUT2D eigenvalue weighted by Gasteiger charge is -2.21. The van der Waals surface area contributed by atoms with Crippen molar-refractivity contribution in [1.82, 2.24) is 5.32 Å². The second-order valence-electron chi connectivity index (χ2n) is 5.04. The van der Waals surface area contributed by atoms with Crippen LogP contribution in [0.15, 0.2) is 55.1 Å². The molecular formula is C18H18N2O. The van der Waals surface area contributed by atoms with E-state index in [2.05, 4.69) is 18.8 Å². The molecule has 2 aromatic carbocycles. The number of nitrogens with one attached hydrogen (secondary N) is 1. The maximum Gasteiger partial charge on any atom is 0.263 e. The van der Waals surface area contributed by atoms with Crippen LogP contribution in [0, 0.1) is 0 Å². The molecular weight excluding hydrogens is 260 g/mol. The van der Waals surface area contributed by atoms with Gasteiger partial charge in [0.1, 0.15) is 0 Å². The monoisotopic (exact) mass is 278 g/mol. The molecule has 0 atom stereocenters. The number of hydrogen-bond donors (Lipinski definition) is 1. The number of anilines is 1. The molecule has 1 aliphatic heterocycles. The number of hydrogen-bond acceptors (Lipinski definition) is 2. The van der Waals surface area contributed by atoms with Gasteiger partial charge in [-0.2, -0.15) is 0 Å². The Morgan fingerprint density at radius 3 is 2.43 bits per heavy atom. The highest BCUT2D eigenvalue weighted by Gasteiger charge is 2.32. The van der Waals surface area contributed by atoms with Crippen LogP contribution in [-0.4, -0.2) is 12.5 Å². The SMILES string of the molecule is C=C1c2ccccc2C(=O)N1c1ccccc1CNCC. The first kappa shape index (κ1) is 13.6. The van der Waals surface area contributed by atoms with Crippen molar-refractivity contribution in [1.29, 1.82) is 0 Å². The first-order valence-corrected chi connectivity index (χ1v) is 7.15. The molecule has 3 nitrogen and oxygen atoms in total. The van der Waals surface area contributed by atoms with Gasteiger partial charge in [0.05, 0.1) is 11.4 Å². The van der Waals surface area contributed by atoms with E-state index < -0.39 is 0 Å². The lowest BCUT2D eigenvalue weighted by atomic mass is 10.1. The first-order chi connectivity index (χ1) is 10.2. The van der Waals surface area contributed by atoms with E-state index in [1.54, 1.807) is 4.90 Å². The first-order valence-electron chi connectivity index (χ1n) is 7.15. The van der Waals surface area contributed by atoms with Crippen LogP contribution in [0.4, 0.5) is 5.69 Å². The van der Waals surface area contributed by atoms with E-state index in [4.69, 9.17) is 0 Å². The third-order valence-corrected chi connectivity index (χ3v) is 3.74. The van der Waals surface area contributed by atoms with E-state index in [1.165, 1.54) is 0 Å². The van der Waals surface area contributed by atoms with Gasteiger partial charge in [-0.25, -0.2) is 0 Å². The molecule has 1 amide bonds. The number of amides is 1. The van der Waals surface area contributed by atoms with E-state index in [0.717, 1.165) is 41.2 Å². The van der Waals surface area contributed by atoms with Gasteiger partial charge < -0.3 is 5.32 Å². The summed E-state index contributed by atoms with van der Waals surface area (Å²) in [5.41, 5.74) is 4.40. The lowest BCUT2D eigenvalue weighted by Crippen LogP contribution is -2.24. The van der Waals surface area contributed by atoms with E-state index in [1.807, 2.05) is 48.5 Å². The Hall–Kier alpha value is -2.39. The molecule has 0 fully saturated rings. The quantitative estimate of drug-likeness (QED) is 0.929. The topological polar surface area (TPSA) is 32.3 Å². The summed E-state index contributed by atoms with van der Waals surface area (Å²) >= 11 is 0. The number of carbonyl (C=O) groups is 1. The fraction of sp³-hybridized carbons (Fsp3) is 0.167. The van der Waals surface area contributed by atoms with Gasteiger partial charge in [0.15, 0.2) is 0 Å². The van der Waals surface area contributed by atoms with Crippen molar-refractivity contribution >= 4 is 17.3 Å². The summed E-state index contributed by atoms with van der Waals surface area (Å²) < 4.78 is 0. The van der Waals surface area contributed by atoms with Crippen molar-refractivity contribution in [2.75, 3.05) is 11.4 Å². The van der Waals surface area contributed by atoms with Crippen molar-refractivity contribution in [2.24, 2.45) is 0 Å². The van der Waals surface area contributed by atoms with Gasteiger partial charge in [0, 0.05) is 17.7 Å². The number of fused-ring (bicyclic) bond motifs is 1. The van der Waals surface area contributed by atoms with E-state index in [0.29, 0.717) is 0 Å². The predicted molar refractivity (Wildman–Crippen MR) is 86.1 cm³/mol. The van der Waals surface area contributed by atoms with Crippen molar-refractivity contribution in [2.45, 2.75) is 13.5 Å². The number of nitrogens with zero attached hydrogens (tertiary/aromatic N) is 1. The van der Waals surface area contributed by atoms with E-state index >= 15 is 0 Å². The minimum atomic E-state index is -0.000418. The molecule has 0 saturated carbocycles. The molecule has 0 unspecified atom stereocenters. The molecule has 1 heterocycles. The molecule has 0 aromatic heterocycles. The molecule has 0 aliphatic carbocycles. The fourth-order valence-corrected chi connectivity index (χ4v) is 2.68. The average Bonchev–Trinajstić information content (AvgIpc) is 2.78. The van der Waals surface area contributed by atoms with Crippen LogP contribution >= 0.6 is 0 Å². The standard InChI is InChI=1S/C18H18N2O/c1-3-19-12-14-8-4-7-11-17(14)20-13(2)15-9-5-6-10-16(15)18(20)21/h4-11,19H,2-3,12H2,1H3. The maximum atomic E-state index is 12.7. The van der Waals surface area contributed by atoms with Gasteiger partial charge in [-0.3, -0.25) is 9.69 Å². The van der Waals surface area contributed by atoms with Crippen molar-refractivity contribution in [3.8, 4) is 0 Å². The Bertz CT molecular complexity index is 671. The summed E-state index contributed by atoms with van der Waals surface area (Å²) in [6.45, 7) is 7.81. The Labute approximate surface area is 124 Å². The molecule has 2 aromatic rings. The van der Waals surface area contributed by atoms with E-state index in [-0.39, 0.29) is 5.91 Å². The fourth-order valence-electron chi connectivity index (χ4n) is 2.68. The molecule has 3 heteroatoms. The maximum absolute atomic E-state index is 12.7. The smallest absolute Gasteiger partial charge is 0.263 e. The zero-order valence-electron chi connectivity index (χ0n) is 12.1. The molecule has 1 aliphatic rings. The van der Waals surface area contributed by atoms with E-state index in [9.17, 15) is 4.79 Å². The minimum Gasteiger partial charge on any atom is -0.313 e. The summed E-state index contributed by atoms with van der Waals surface area (Å²) in [6, 6.07) is 15.6. The van der Waals surface area contributed by atoms with Gasteiger partial charge in [-0.05, 0) is 24.2 Å². The van der Waals surface area contributed by atoms with Gasteiger partial charge in [-0.15, -0.1) is 0 Å². The molecule has 0 radical (unpaired) electrons. The van der Waals surface area contributed by atoms with Crippen molar-refractivity contribution < 1.29 is 4.79 Å². The minimum absolute atomic E-state index is 0.000418. The number of benzene rings is 2. The summed E-state index contributed by atoms with van der Waals surface area (Å²) in [5, 5.41) is 3.31. The zero-order chi connectivity index (χ0) is 14.8. The van der Waals surface area contributed by atoms with Crippen LogP contribution in [0.5, 0.6) is 0 Å². The normalized spacial score (nSPS) is 13.7. The van der Waals surface area contributed by atoms with Crippen LogP contribution in [-0.2, 0) is 6.54 Å². The zero-order valence-corrected chi connectivity index (χ0v) is 12.1. The molecule has 0 spiro atoms. The van der Waals surface area contributed by atoms with Gasteiger partial charge in [-0.1, -0.05) is 49.9 Å². The van der Waals surface area contributed by atoms with Gasteiger partial charge >= 0.3 is 0 Å². The molecule has 0 saturated heterocycles. The highest BCUT2D eigenvalue weighted by molar-refractivity contribution is 6.22. The highest BCUT2D eigenvalue weighted by atomic mass is 16.2. The van der Waals surface area contributed by atoms with Crippen molar-refractivity contribution in [3.63, 3.8) is 0 Å². The van der Waals surface area contributed by atoms with Crippen LogP contribution in [0.3, 0.4) is 0 Å². The average molecular weight is 278 g/mol. The molecule has 0 bridgehead atoms. The summed E-state index contributed by atoms with van der Waals surface area (Å²) in [5.74, 6) is -0.000418. The summed E-state index contributed by atoms with van der Waals surface area (Å²) in [4.78, 5) is 14.4. The van der Waals surface area contributed by atoms with Gasteiger partial charge in [0.25, 0.3) is 5.91 Å². The van der Waals surface area contributed by atoms with Gasteiger partial charge in [0.2, 0.25) is 0 Å². The third kappa shape index (κ3) is 2.26. The lowest BCUT2D eigenvalue weighted by molar-refractivity contribution is 0.101. The molecule has 106 valence electrons. The Morgan fingerprint density at radius 2 is 1.71 bits per heavy atom. The van der Waals surface area contributed by atoms with Crippen LogP contribution in [0.25, 0.3) is 5.70 Å². The third-order valence-electron chi connectivity index (χ3n) is 3.74. The Balaban J connectivity index is 2.03. The van der Waals surface area contributed by atoms with Crippen LogP contribution in [0.2, 0.25) is 0 Å². The number of para-hydroxylation sites is 1. The molecule has 21 heavy (non-hydrogen) atoms. The number of carbonyl (C=O) groups excluding carboxylic acids is 1. The Morgan fingerprint density at radius 1 is 1.05 bits per heavy atom. The molecule has 1 N–H and O–H groups in total. The largest absolute Gasteiger partial charge is 0.313 e. The highest BCUT2D eigenvalue weighted by Crippen LogP contribution is 2.37.